The van der Waals surface area contributed by atoms with Crippen molar-refractivity contribution in [3.63, 3.8) is 0 Å². The van der Waals surface area contributed by atoms with Crippen molar-refractivity contribution in [1.29, 1.82) is 5.26 Å². The molecule has 1 aliphatic heterocycles. The first kappa shape index (κ1) is 24.4. The summed E-state index contributed by atoms with van der Waals surface area (Å²) in [7, 11) is 3.98. The van der Waals surface area contributed by atoms with Gasteiger partial charge in [-0.25, -0.2) is 0 Å². The molecule has 2 aromatic carbocycles. The monoisotopic (exact) mass is 537 g/mol. The molecule has 30 heavy (non-hydrogen) atoms. The third-order valence-corrected chi connectivity index (χ3v) is 5.73. The van der Waals surface area contributed by atoms with Crippen LogP contribution in [0.5, 0.6) is 0 Å². The highest BCUT2D eigenvalue weighted by Crippen LogP contribution is 2.35. The van der Waals surface area contributed by atoms with Crippen LogP contribution in [0.2, 0.25) is 5.02 Å². The average Bonchev–Trinajstić information content (AvgIpc) is 2.74. The maximum atomic E-state index is 8.91. The largest absolute Gasteiger partial charge is 0.356 e. The van der Waals surface area contributed by atoms with E-state index in [1.807, 2.05) is 36.4 Å². The van der Waals surface area contributed by atoms with Crippen LogP contribution in [0.15, 0.2) is 53.5 Å². The van der Waals surface area contributed by atoms with Gasteiger partial charge in [0, 0.05) is 31.2 Å². The Morgan fingerprint density at radius 2 is 2.00 bits per heavy atom. The Morgan fingerprint density at radius 3 is 2.67 bits per heavy atom. The third-order valence-electron chi connectivity index (χ3n) is 5.50. The Morgan fingerprint density at radius 1 is 1.23 bits per heavy atom. The van der Waals surface area contributed by atoms with Crippen molar-refractivity contribution in [2.45, 2.75) is 25.4 Å². The van der Waals surface area contributed by atoms with E-state index in [1.54, 1.807) is 7.05 Å². The predicted octanol–water partition coefficient (Wildman–Crippen LogP) is 4.58. The van der Waals surface area contributed by atoms with Gasteiger partial charge in [0.2, 0.25) is 0 Å². The zero-order valence-electron chi connectivity index (χ0n) is 17.4. The average molecular weight is 538 g/mol. The second kappa shape index (κ2) is 12.1. The van der Waals surface area contributed by atoms with Gasteiger partial charge in [-0.05, 0) is 67.7 Å². The number of halogens is 2. The van der Waals surface area contributed by atoms with Crippen molar-refractivity contribution in [1.82, 2.24) is 15.5 Å². The minimum absolute atomic E-state index is 0. The molecule has 1 saturated heterocycles. The molecule has 1 fully saturated rings. The Hall–Kier alpha value is -1.82. The van der Waals surface area contributed by atoms with E-state index in [2.05, 4.69) is 45.8 Å². The first-order valence-corrected chi connectivity index (χ1v) is 10.4. The summed E-state index contributed by atoms with van der Waals surface area (Å²) in [6.45, 7) is 2.60. The Labute approximate surface area is 201 Å². The lowest BCUT2D eigenvalue weighted by molar-refractivity contribution is 0.122. The molecule has 0 saturated carbocycles. The number of nitriles is 1. The lowest BCUT2D eigenvalue weighted by atomic mass is 9.85. The zero-order valence-corrected chi connectivity index (χ0v) is 20.5. The van der Waals surface area contributed by atoms with Crippen molar-refractivity contribution in [2.75, 3.05) is 27.2 Å². The summed E-state index contributed by atoms with van der Waals surface area (Å²) in [6.07, 6.45) is 2.36. The van der Waals surface area contributed by atoms with Crippen LogP contribution in [-0.4, -0.2) is 38.0 Å². The fourth-order valence-electron chi connectivity index (χ4n) is 4.02. The lowest BCUT2D eigenvalue weighted by Crippen LogP contribution is -2.44. The molecule has 5 nitrogen and oxygen atoms in total. The Balaban J connectivity index is 0.00000320. The van der Waals surface area contributed by atoms with Gasteiger partial charge in [0.1, 0.15) is 0 Å². The summed E-state index contributed by atoms with van der Waals surface area (Å²) in [6, 6.07) is 18.3. The highest BCUT2D eigenvalue weighted by atomic mass is 127. The van der Waals surface area contributed by atoms with Crippen LogP contribution in [0.25, 0.3) is 0 Å². The third kappa shape index (κ3) is 6.59. The molecule has 0 aliphatic carbocycles. The maximum Gasteiger partial charge on any atom is 0.191 e. The van der Waals surface area contributed by atoms with E-state index < -0.39 is 0 Å². The topological polar surface area (TPSA) is 63.5 Å². The van der Waals surface area contributed by atoms with Gasteiger partial charge in [0.15, 0.2) is 5.96 Å². The van der Waals surface area contributed by atoms with Crippen LogP contribution in [-0.2, 0) is 6.54 Å². The summed E-state index contributed by atoms with van der Waals surface area (Å²) < 4.78 is 0. The molecule has 1 aliphatic rings. The number of rotatable bonds is 5. The number of nitrogens with zero attached hydrogens (tertiary/aromatic N) is 3. The van der Waals surface area contributed by atoms with Crippen molar-refractivity contribution >= 4 is 41.5 Å². The van der Waals surface area contributed by atoms with Crippen molar-refractivity contribution in [2.24, 2.45) is 10.9 Å². The number of aliphatic imine (C=N–C) groups is 1. The normalized spacial score (nSPS) is 19.5. The van der Waals surface area contributed by atoms with E-state index in [9.17, 15) is 0 Å². The summed E-state index contributed by atoms with van der Waals surface area (Å²) >= 11 is 6.25. The van der Waals surface area contributed by atoms with E-state index >= 15 is 0 Å². The van der Waals surface area contributed by atoms with Gasteiger partial charge in [0.25, 0.3) is 0 Å². The second-order valence-corrected chi connectivity index (χ2v) is 7.93. The predicted molar refractivity (Wildman–Crippen MR) is 134 cm³/mol. The highest BCUT2D eigenvalue weighted by Gasteiger charge is 2.30. The molecule has 0 aromatic heterocycles. The molecular formula is C23H29ClIN5. The summed E-state index contributed by atoms with van der Waals surface area (Å²) in [5.41, 5.74) is 3.05. The van der Waals surface area contributed by atoms with Crippen LogP contribution in [0.4, 0.5) is 0 Å². The second-order valence-electron chi connectivity index (χ2n) is 7.50. The summed E-state index contributed by atoms with van der Waals surface area (Å²) in [5, 5.41) is 16.5. The fraction of sp³-hybridized carbons (Fsp3) is 0.391. The van der Waals surface area contributed by atoms with Crippen LogP contribution in [0.1, 0.15) is 35.6 Å². The fourth-order valence-corrected chi connectivity index (χ4v) is 4.22. The number of benzene rings is 2. The molecule has 0 amide bonds. The molecular weight excluding hydrogens is 509 g/mol. The van der Waals surface area contributed by atoms with E-state index in [-0.39, 0.29) is 24.0 Å². The van der Waals surface area contributed by atoms with Gasteiger partial charge in [-0.2, -0.15) is 5.26 Å². The smallest absolute Gasteiger partial charge is 0.191 e. The molecule has 0 bridgehead atoms. The number of likely N-dealkylation sites (tertiary alicyclic amines) is 1. The van der Waals surface area contributed by atoms with Gasteiger partial charge in [-0.1, -0.05) is 35.9 Å². The molecule has 7 heteroatoms. The lowest BCUT2D eigenvalue weighted by Gasteiger charge is -2.40. The van der Waals surface area contributed by atoms with Gasteiger partial charge >= 0.3 is 0 Å². The molecule has 0 spiro atoms. The molecule has 2 N–H and O–H groups in total. The van der Waals surface area contributed by atoms with Crippen molar-refractivity contribution < 1.29 is 0 Å². The summed E-state index contributed by atoms with van der Waals surface area (Å²) in [5.74, 6) is 1.26. The minimum atomic E-state index is 0. The van der Waals surface area contributed by atoms with Crippen LogP contribution >= 0.6 is 35.6 Å². The van der Waals surface area contributed by atoms with E-state index in [4.69, 9.17) is 16.9 Å². The number of hydrogen-bond acceptors (Lipinski definition) is 3. The van der Waals surface area contributed by atoms with Gasteiger partial charge in [0.05, 0.1) is 11.6 Å². The standard InChI is InChI=1S/C23H28ClN5.HI/c1-26-23(27-15-18-10-8-17(14-25)9-11-18)28-16-20-6-4-12-29(2)22(20)19-5-3-7-21(24)13-19;/h3,5,7-11,13,20,22H,4,6,12,15-16H2,1-2H3,(H2,26,27,28);1H. The molecule has 2 atom stereocenters. The zero-order chi connectivity index (χ0) is 20.6. The van der Waals surface area contributed by atoms with Crippen LogP contribution in [0.3, 0.4) is 0 Å². The quantitative estimate of drug-likeness (QED) is 0.333. The number of guanidine groups is 1. The van der Waals surface area contributed by atoms with E-state index in [0.29, 0.717) is 24.1 Å². The maximum absolute atomic E-state index is 8.91. The molecule has 160 valence electrons. The Bertz CT molecular complexity index is 878. The van der Waals surface area contributed by atoms with Crippen molar-refractivity contribution in [3.05, 3.63) is 70.2 Å². The van der Waals surface area contributed by atoms with E-state index in [0.717, 1.165) is 29.6 Å². The van der Waals surface area contributed by atoms with E-state index in [1.165, 1.54) is 18.4 Å². The van der Waals surface area contributed by atoms with Crippen molar-refractivity contribution in [3.8, 4) is 6.07 Å². The molecule has 1 heterocycles. The molecule has 2 unspecified atom stereocenters. The Kier molecular flexibility index (Phi) is 9.89. The molecule has 2 aromatic rings. The summed E-state index contributed by atoms with van der Waals surface area (Å²) in [4.78, 5) is 6.78. The highest BCUT2D eigenvalue weighted by molar-refractivity contribution is 14.0. The number of hydrogen-bond donors (Lipinski definition) is 2. The first-order chi connectivity index (χ1) is 14.1. The van der Waals surface area contributed by atoms with Gasteiger partial charge in [-0.3, -0.25) is 9.89 Å². The minimum Gasteiger partial charge on any atom is -0.356 e. The first-order valence-electron chi connectivity index (χ1n) is 10.00. The van der Waals surface area contributed by atoms with Gasteiger partial charge in [-0.15, -0.1) is 24.0 Å². The molecule has 3 rings (SSSR count). The van der Waals surface area contributed by atoms with Crippen LogP contribution in [0, 0.1) is 17.2 Å². The van der Waals surface area contributed by atoms with Crippen LogP contribution < -0.4 is 10.6 Å². The SMILES string of the molecule is CN=C(NCc1ccc(C#N)cc1)NCC1CCCN(C)C1c1cccc(Cl)c1.I. The molecule has 0 radical (unpaired) electrons. The van der Waals surface area contributed by atoms with Gasteiger partial charge < -0.3 is 10.6 Å². The number of nitrogens with one attached hydrogen (secondary N) is 2. The number of piperidine rings is 1.